The van der Waals surface area contributed by atoms with Gasteiger partial charge < -0.3 is 30.9 Å². The molecule has 4 N–H and O–H groups in total. The number of nitrogens with zero attached hydrogens (tertiary/aromatic N) is 9. The SMILES string of the molecule is CC(C)C(=O)CC(NC(=O)CN1CCC(N2CCN(C(C)C)CC2)CC1)C(=O)C(C)C.CC(C)C(=O)CC(NC(=O)CN1CCC(N2CCOCC2)CC1)C(=O)C(C)C.CC(C)C(=O)CC(NC(=O)CN1CCN(c2ccncc2)CC1)C(=O)C(C)C.CC(C)C(=O)CC(NC(=O)Cc1ccccn1)C(=O)C(C)C. The second-order valence-corrected chi connectivity index (χ2v) is 32.8. The van der Waals surface area contributed by atoms with Gasteiger partial charge >= 0.3 is 0 Å². The van der Waals surface area contributed by atoms with Crippen LogP contribution in [0.5, 0.6) is 0 Å². The van der Waals surface area contributed by atoms with E-state index in [4.69, 9.17) is 4.74 Å². The normalized spacial score (nSPS) is 18.1. The monoisotopic (exact) mass is 1520 g/mol. The number of hydrogen-bond acceptors (Lipinski definition) is 22. The van der Waals surface area contributed by atoms with E-state index in [-0.39, 0.29) is 162 Å². The summed E-state index contributed by atoms with van der Waals surface area (Å²) in [4.78, 5) is 172. The van der Waals surface area contributed by atoms with E-state index in [1.807, 2.05) is 67.5 Å². The number of aromatic nitrogens is 2. The molecule has 5 fully saturated rings. The highest BCUT2D eigenvalue weighted by atomic mass is 16.5. The van der Waals surface area contributed by atoms with Gasteiger partial charge in [0.05, 0.1) is 63.4 Å². The van der Waals surface area contributed by atoms with E-state index in [1.54, 1.807) is 92.2 Å². The third-order valence-electron chi connectivity index (χ3n) is 21.0. The first-order chi connectivity index (χ1) is 51.4. The predicted molar refractivity (Wildman–Crippen MR) is 425 cm³/mol. The summed E-state index contributed by atoms with van der Waals surface area (Å²) in [5.41, 5.74) is 1.76. The van der Waals surface area contributed by atoms with Crippen LogP contribution in [0.2, 0.25) is 0 Å². The van der Waals surface area contributed by atoms with E-state index in [0.717, 1.165) is 136 Å². The van der Waals surface area contributed by atoms with Gasteiger partial charge in [-0.2, -0.15) is 0 Å². The summed E-state index contributed by atoms with van der Waals surface area (Å²) < 4.78 is 5.42. The number of piperazine rings is 2. The van der Waals surface area contributed by atoms with E-state index >= 15 is 0 Å². The van der Waals surface area contributed by atoms with Crippen LogP contribution in [0.15, 0.2) is 48.9 Å². The van der Waals surface area contributed by atoms with Crippen LogP contribution in [-0.4, -0.2) is 276 Å². The summed E-state index contributed by atoms with van der Waals surface area (Å²) in [7, 11) is 0. The molecular formula is C83H137N13O13. The second kappa shape index (κ2) is 48.8. The Morgan fingerprint density at radius 1 is 0.376 bits per heavy atom. The first-order valence-corrected chi connectivity index (χ1v) is 40.4. The van der Waals surface area contributed by atoms with Gasteiger partial charge in [0.2, 0.25) is 23.6 Å². The van der Waals surface area contributed by atoms with Crippen LogP contribution in [0.1, 0.15) is 182 Å². The van der Waals surface area contributed by atoms with Gasteiger partial charge in [0.15, 0.2) is 23.1 Å². The van der Waals surface area contributed by atoms with Gasteiger partial charge in [-0.15, -0.1) is 0 Å². The molecule has 109 heavy (non-hydrogen) atoms. The molecule has 26 nitrogen and oxygen atoms in total. The Labute approximate surface area is 651 Å². The molecule has 5 aliphatic rings. The van der Waals surface area contributed by atoms with Gasteiger partial charge in [0.1, 0.15) is 23.1 Å². The lowest BCUT2D eigenvalue weighted by Gasteiger charge is -2.43. The number of ketones is 8. The highest BCUT2D eigenvalue weighted by Gasteiger charge is 2.35. The number of rotatable bonds is 36. The molecule has 0 aliphatic carbocycles. The fraction of sp³-hybridized carbons (Fsp3) is 0.735. The minimum atomic E-state index is -0.758. The summed E-state index contributed by atoms with van der Waals surface area (Å²) in [5.74, 6) is -2.67. The van der Waals surface area contributed by atoms with Gasteiger partial charge in [-0.05, 0) is 63.8 Å². The van der Waals surface area contributed by atoms with Crippen LogP contribution in [0.25, 0.3) is 0 Å². The number of hydrogen-bond donors (Lipinski definition) is 4. The van der Waals surface area contributed by atoms with Crippen molar-refractivity contribution in [2.45, 2.75) is 225 Å². The van der Waals surface area contributed by atoms with Crippen LogP contribution in [0.3, 0.4) is 0 Å². The quantitative estimate of drug-likeness (QED) is 0.0574. The zero-order valence-corrected chi connectivity index (χ0v) is 69.4. The number of piperidine rings is 2. The number of morpholine rings is 1. The summed E-state index contributed by atoms with van der Waals surface area (Å²) in [6.45, 7) is 49.1. The average molecular weight is 1530 g/mol. The fourth-order valence-electron chi connectivity index (χ4n) is 13.7. The van der Waals surface area contributed by atoms with Crippen LogP contribution in [0, 0.1) is 47.3 Å². The first kappa shape index (κ1) is 94.4. The Balaban J connectivity index is 0.000000309. The lowest BCUT2D eigenvalue weighted by atomic mass is 9.94. The summed E-state index contributed by atoms with van der Waals surface area (Å²) >= 11 is 0. The lowest BCUT2D eigenvalue weighted by molar-refractivity contribution is -0.133. The minimum Gasteiger partial charge on any atom is -0.379 e. The Hall–Kier alpha value is -6.94. The largest absolute Gasteiger partial charge is 0.379 e. The molecule has 4 amide bonds. The van der Waals surface area contributed by atoms with Crippen LogP contribution < -0.4 is 26.2 Å². The molecule has 4 unspecified atom stereocenters. The molecule has 0 spiro atoms. The Kier molecular flexibility index (Phi) is 42.2. The van der Waals surface area contributed by atoms with Crippen molar-refractivity contribution in [3.05, 3.63) is 54.6 Å². The molecule has 0 aromatic carbocycles. The van der Waals surface area contributed by atoms with Crippen molar-refractivity contribution in [1.82, 2.24) is 60.6 Å². The van der Waals surface area contributed by atoms with Crippen molar-refractivity contribution >= 4 is 75.6 Å². The molecule has 4 atom stereocenters. The number of likely N-dealkylation sites (tertiary alicyclic amines) is 2. The van der Waals surface area contributed by atoms with Crippen LogP contribution in [0.4, 0.5) is 5.69 Å². The van der Waals surface area contributed by atoms with E-state index in [0.29, 0.717) is 30.4 Å². The van der Waals surface area contributed by atoms with Crippen molar-refractivity contribution in [1.29, 1.82) is 0 Å². The molecule has 612 valence electrons. The predicted octanol–water partition coefficient (Wildman–Crippen LogP) is 6.39. The zero-order valence-electron chi connectivity index (χ0n) is 69.4. The van der Waals surface area contributed by atoms with Gasteiger partial charge in [-0.1, -0.05) is 117 Å². The third kappa shape index (κ3) is 34.7. The van der Waals surface area contributed by atoms with Crippen molar-refractivity contribution in [3.8, 4) is 0 Å². The van der Waals surface area contributed by atoms with Crippen molar-refractivity contribution < 1.29 is 62.3 Å². The topological polar surface area (TPSA) is 311 Å². The fourth-order valence-corrected chi connectivity index (χ4v) is 13.7. The molecule has 5 saturated heterocycles. The van der Waals surface area contributed by atoms with Crippen molar-refractivity contribution in [3.63, 3.8) is 0 Å². The molecule has 0 bridgehead atoms. The molecule has 2 aromatic rings. The Bertz CT molecular complexity index is 3160. The number of anilines is 1. The number of ether oxygens (including phenoxy) is 1. The number of Topliss-reactive ketones (excluding diaryl/α,β-unsaturated/α-hetero) is 8. The first-order valence-electron chi connectivity index (χ1n) is 40.4. The minimum absolute atomic E-state index is 0.00521. The molecule has 2 aromatic heterocycles. The number of amides is 4. The molecule has 7 rings (SSSR count). The average Bonchev–Trinajstić information content (AvgIpc) is 0.855. The van der Waals surface area contributed by atoms with Gasteiger partial charge in [-0.3, -0.25) is 96.9 Å². The number of nitrogens with one attached hydrogen (secondary N) is 4. The summed E-state index contributed by atoms with van der Waals surface area (Å²) in [6, 6.07) is 8.16. The standard InChI is InChI=1S/C24H44N4O3.C21H32N4O3.C21H37N3O4.C17H24N2O3/c1-17(2)22(29)15-21(24(31)18(3)4)25-23(30)16-26-9-7-20(8-10-26)28-13-11-27(12-14-28)19(5)6;1-15(2)19(26)13-18(21(28)16(3)4)23-20(27)14-24-9-11-25(12-10-24)17-5-7-22-8-6-17;1-15(2)19(25)13-18(21(27)16(3)4)22-20(26)14-23-7-5-17(6-8-23)24-9-11-28-12-10-24;1-11(2)15(20)10-14(17(22)12(3)4)19-16(21)9-13-7-5-6-8-18-13/h17-21H,7-16H2,1-6H3,(H,25,30);5-8,15-16,18H,9-14H2,1-4H3,(H,23,27);15-18H,5-14H2,1-4H3,(H,22,26);5-8,11-12,14H,9-10H2,1-4H3,(H,19,21). The highest BCUT2D eigenvalue weighted by molar-refractivity contribution is 5.98. The van der Waals surface area contributed by atoms with E-state index in [2.05, 4.69) is 79.4 Å². The molecule has 26 heteroatoms. The van der Waals surface area contributed by atoms with Gasteiger partial charge in [0, 0.05) is 213 Å². The van der Waals surface area contributed by atoms with Crippen molar-refractivity contribution in [2.75, 3.05) is 129 Å². The molecule has 0 saturated carbocycles. The Morgan fingerprint density at radius 2 is 0.706 bits per heavy atom. The summed E-state index contributed by atoms with van der Waals surface area (Å²) in [6.07, 6.45) is 9.80. The second-order valence-electron chi connectivity index (χ2n) is 32.8. The molecule has 7 heterocycles. The number of carbonyl (C=O) groups excluding carboxylic acids is 12. The highest BCUT2D eigenvalue weighted by Crippen LogP contribution is 2.22. The Morgan fingerprint density at radius 3 is 1.02 bits per heavy atom. The van der Waals surface area contributed by atoms with Crippen LogP contribution in [-0.2, 0) is 68.7 Å². The van der Waals surface area contributed by atoms with E-state index in [9.17, 15) is 57.5 Å². The lowest BCUT2D eigenvalue weighted by Crippen LogP contribution is -2.55. The summed E-state index contributed by atoms with van der Waals surface area (Å²) in [5, 5.41) is 11.2. The number of pyridine rings is 2. The zero-order chi connectivity index (χ0) is 81.2. The molecular weight excluding hydrogens is 1390 g/mol. The van der Waals surface area contributed by atoms with E-state index < -0.39 is 24.2 Å². The number of carbonyl (C=O) groups is 12. The van der Waals surface area contributed by atoms with Crippen LogP contribution >= 0.6 is 0 Å². The smallest absolute Gasteiger partial charge is 0.234 e. The maximum atomic E-state index is 12.7. The van der Waals surface area contributed by atoms with Gasteiger partial charge in [-0.25, -0.2) is 0 Å². The van der Waals surface area contributed by atoms with Crippen molar-refractivity contribution in [2.24, 2.45) is 47.3 Å². The molecule has 0 radical (unpaired) electrons. The molecule has 5 aliphatic heterocycles. The van der Waals surface area contributed by atoms with Gasteiger partial charge in [0.25, 0.3) is 0 Å². The van der Waals surface area contributed by atoms with E-state index in [1.165, 1.54) is 0 Å². The maximum Gasteiger partial charge on any atom is 0.234 e. The maximum absolute atomic E-state index is 12.7. The third-order valence-corrected chi connectivity index (χ3v) is 21.0.